The van der Waals surface area contributed by atoms with Crippen LogP contribution in [0.4, 0.5) is 10.8 Å². The summed E-state index contributed by atoms with van der Waals surface area (Å²) in [5.41, 5.74) is 3.61. The molecule has 3 heterocycles. The topological polar surface area (TPSA) is 84.4 Å². The van der Waals surface area contributed by atoms with Crippen molar-refractivity contribution >= 4 is 34.0 Å². The van der Waals surface area contributed by atoms with Crippen molar-refractivity contribution in [3.05, 3.63) is 64.4 Å². The standard InChI is InChI=1S/C22H22N4O3S/c1-14-13-30-22(24-14)25-21(28)16-10-18-17(23-12-16)7-5-9-26(18)20(27)11-15-6-3-4-8-19(15)29-2/h3-4,6,8,10,12-13H,5,7,9,11H2,1-2H3,(H,24,25,28). The molecule has 1 aliphatic rings. The molecule has 3 aromatic rings. The van der Waals surface area contributed by atoms with E-state index in [1.165, 1.54) is 11.3 Å². The molecule has 0 spiro atoms. The maximum absolute atomic E-state index is 13.1. The van der Waals surface area contributed by atoms with Crippen LogP contribution in [0.3, 0.4) is 0 Å². The van der Waals surface area contributed by atoms with E-state index in [1.807, 2.05) is 36.6 Å². The number of nitrogens with zero attached hydrogens (tertiary/aromatic N) is 3. The van der Waals surface area contributed by atoms with E-state index in [-0.39, 0.29) is 18.2 Å². The van der Waals surface area contributed by atoms with E-state index in [1.54, 1.807) is 24.3 Å². The molecule has 1 aliphatic heterocycles. The third kappa shape index (κ3) is 4.18. The Kier molecular flexibility index (Phi) is 5.76. The molecule has 0 fully saturated rings. The van der Waals surface area contributed by atoms with Crippen LogP contribution in [0.2, 0.25) is 0 Å². The zero-order valence-corrected chi connectivity index (χ0v) is 17.7. The van der Waals surface area contributed by atoms with Crippen molar-refractivity contribution in [1.29, 1.82) is 0 Å². The maximum atomic E-state index is 13.1. The molecular formula is C22H22N4O3S. The maximum Gasteiger partial charge on any atom is 0.259 e. The van der Waals surface area contributed by atoms with Gasteiger partial charge in [-0.3, -0.25) is 19.9 Å². The number of fused-ring (bicyclic) bond motifs is 1. The van der Waals surface area contributed by atoms with Crippen LogP contribution in [-0.4, -0.2) is 35.4 Å². The first-order chi connectivity index (χ1) is 14.5. The Morgan fingerprint density at radius 1 is 1.30 bits per heavy atom. The number of para-hydroxylation sites is 1. The third-order valence-corrected chi connectivity index (χ3v) is 5.85. The number of nitrogens with one attached hydrogen (secondary N) is 1. The molecule has 0 unspecified atom stereocenters. The lowest BCUT2D eigenvalue weighted by Crippen LogP contribution is -2.37. The van der Waals surface area contributed by atoms with Gasteiger partial charge in [-0.2, -0.15) is 0 Å². The van der Waals surface area contributed by atoms with Crippen molar-refractivity contribution in [3.8, 4) is 5.75 Å². The number of methoxy groups -OCH3 is 1. The summed E-state index contributed by atoms with van der Waals surface area (Å²) in [7, 11) is 1.60. The number of thiazole rings is 1. The van der Waals surface area contributed by atoms with Crippen LogP contribution in [0.25, 0.3) is 0 Å². The summed E-state index contributed by atoms with van der Waals surface area (Å²) in [5.74, 6) is 0.353. The Balaban J connectivity index is 1.57. The van der Waals surface area contributed by atoms with Crippen molar-refractivity contribution in [2.75, 3.05) is 23.9 Å². The minimum Gasteiger partial charge on any atom is -0.496 e. The van der Waals surface area contributed by atoms with Crippen molar-refractivity contribution in [1.82, 2.24) is 9.97 Å². The molecule has 8 heteroatoms. The van der Waals surface area contributed by atoms with Crippen LogP contribution in [-0.2, 0) is 17.6 Å². The fourth-order valence-electron chi connectivity index (χ4n) is 3.50. The number of ether oxygens (including phenoxy) is 1. The number of aromatic nitrogens is 2. The van der Waals surface area contributed by atoms with Crippen LogP contribution < -0.4 is 15.0 Å². The summed E-state index contributed by atoms with van der Waals surface area (Å²) >= 11 is 1.37. The summed E-state index contributed by atoms with van der Waals surface area (Å²) in [6.07, 6.45) is 3.39. The lowest BCUT2D eigenvalue weighted by atomic mass is 10.0. The number of rotatable bonds is 5. The van der Waals surface area contributed by atoms with E-state index < -0.39 is 0 Å². The number of benzene rings is 1. The predicted molar refractivity (Wildman–Crippen MR) is 116 cm³/mol. The molecule has 1 aromatic carbocycles. The normalized spacial score (nSPS) is 12.9. The molecule has 30 heavy (non-hydrogen) atoms. The fourth-order valence-corrected chi connectivity index (χ4v) is 4.19. The molecule has 2 amide bonds. The van der Waals surface area contributed by atoms with Gasteiger partial charge < -0.3 is 9.64 Å². The zero-order chi connectivity index (χ0) is 21.1. The lowest BCUT2D eigenvalue weighted by Gasteiger charge is -2.29. The van der Waals surface area contributed by atoms with Gasteiger partial charge in [-0.1, -0.05) is 18.2 Å². The summed E-state index contributed by atoms with van der Waals surface area (Å²) in [6.45, 7) is 2.47. The van der Waals surface area contributed by atoms with Gasteiger partial charge in [0.1, 0.15) is 5.75 Å². The minimum atomic E-state index is -0.289. The molecule has 0 aliphatic carbocycles. The van der Waals surface area contributed by atoms with Crippen molar-refractivity contribution in [2.24, 2.45) is 0 Å². The molecule has 0 saturated heterocycles. The van der Waals surface area contributed by atoms with Crippen LogP contribution in [0, 0.1) is 6.92 Å². The first-order valence-electron chi connectivity index (χ1n) is 9.70. The van der Waals surface area contributed by atoms with Gasteiger partial charge in [-0.05, 0) is 31.9 Å². The number of amides is 2. The zero-order valence-electron chi connectivity index (χ0n) is 16.8. The molecule has 0 saturated carbocycles. The Bertz CT molecular complexity index is 1100. The highest BCUT2D eigenvalue weighted by molar-refractivity contribution is 7.13. The van der Waals surface area contributed by atoms with Crippen molar-refractivity contribution < 1.29 is 14.3 Å². The molecular weight excluding hydrogens is 400 g/mol. The second-order valence-electron chi connectivity index (χ2n) is 7.08. The number of carbonyl (C=O) groups excluding carboxylic acids is 2. The highest BCUT2D eigenvalue weighted by Crippen LogP contribution is 2.28. The largest absolute Gasteiger partial charge is 0.496 e. The first kappa shape index (κ1) is 20.0. The summed E-state index contributed by atoms with van der Waals surface area (Å²) in [5, 5.41) is 5.21. The van der Waals surface area contributed by atoms with Gasteiger partial charge in [0.15, 0.2) is 5.13 Å². The molecule has 1 N–H and O–H groups in total. The van der Waals surface area contributed by atoms with Gasteiger partial charge in [0, 0.05) is 23.7 Å². The molecule has 2 aromatic heterocycles. The number of hydrogen-bond acceptors (Lipinski definition) is 6. The van der Waals surface area contributed by atoms with E-state index in [4.69, 9.17) is 4.74 Å². The smallest absolute Gasteiger partial charge is 0.259 e. The van der Waals surface area contributed by atoms with Gasteiger partial charge >= 0.3 is 0 Å². The Morgan fingerprint density at radius 2 is 2.13 bits per heavy atom. The van der Waals surface area contributed by atoms with E-state index in [2.05, 4.69) is 15.3 Å². The fraction of sp³-hybridized carbons (Fsp3) is 0.273. The van der Waals surface area contributed by atoms with Crippen LogP contribution in [0.5, 0.6) is 5.75 Å². The Labute approximate surface area is 178 Å². The monoisotopic (exact) mass is 422 g/mol. The summed E-state index contributed by atoms with van der Waals surface area (Å²) in [4.78, 5) is 36.2. The molecule has 154 valence electrons. The number of carbonyl (C=O) groups is 2. The lowest BCUT2D eigenvalue weighted by molar-refractivity contribution is -0.118. The SMILES string of the molecule is COc1ccccc1CC(=O)N1CCCc2ncc(C(=O)Nc3nc(C)cs3)cc21. The first-order valence-corrected chi connectivity index (χ1v) is 10.6. The molecule has 7 nitrogen and oxygen atoms in total. The third-order valence-electron chi connectivity index (χ3n) is 4.97. The molecule has 0 radical (unpaired) electrons. The minimum absolute atomic E-state index is 0.0460. The Morgan fingerprint density at radius 3 is 2.90 bits per heavy atom. The second-order valence-corrected chi connectivity index (χ2v) is 7.93. The highest BCUT2D eigenvalue weighted by Gasteiger charge is 2.25. The second kappa shape index (κ2) is 8.62. The van der Waals surface area contributed by atoms with Gasteiger partial charge in [-0.25, -0.2) is 4.98 Å². The molecule has 0 bridgehead atoms. The van der Waals surface area contributed by atoms with Crippen LogP contribution in [0.1, 0.15) is 33.7 Å². The quantitative estimate of drug-likeness (QED) is 0.679. The number of aryl methyl sites for hydroxylation is 2. The Hall–Kier alpha value is -3.26. The van der Waals surface area contributed by atoms with Crippen LogP contribution in [0.15, 0.2) is 41.9 Å². The predicted octanol–water partition coefficient (Wildman–Crippen LogP) is 3.63. The van der Waals surface area contributed by atoms with Gasteiger partial charge in [0.05, 0.1) is 36.2 Å². The van der Waals surface area contributed by atoms with Gasteiger partial charge in [0.25, 0.3) is 5.91 Å². The summed E-state index contributed by atoms with van der Waals surface area (Å²) < 4.78 is 5.37. The average Bonchev–Trinajstić information content (AvgIpc) is 3.17. The number of anilines is 2. The molecule has 0 atom stereocenters. The van der Waals surface area contributed by atoms with E-state index in [0.29, 0.717) is 28.7 Å². The highest BCUT2D eigenvalue weighted by atomic mass is 32.1. The van der Waals surface area contributed by atoms with E-state index in [9.17, 15) is 9.59 Å². The number of pyridine rings is 1. The van der Waals surface area contributed by atoms with Crippen molar-refractivity contribution in [3.63, 3.8) is 0 Å². The number of hydrogen-bond donors (Lipinski definition) is 1. The van der Waals surface area contributed by atoms with Gasteiger partial charge in [-0.15, -0.1) is 11.3 Å². The van der Waals surface area contributed by atoms with Crippen LogP contribution >= 0.6 is 11.3 Å². The summed E-state index contributed by atoms with van der Waals surface area (Å²) in [6, 6.07) is 9.25. The van der Waals surface area contributed by atoms with Gasteiger partial charge in [0.2, 0.25) is 5.91 Å². The van der Waals surface area contributed by atoms with E-state index >= 15 is 0 Å². The molecule has 4 rings (SSSR count). The van der Waals surface area contributed by atoms with E-state index in [0.717, 1.165) is 29.8 Å². The van der Waals surface area contributed by atoms with Crippen molar-refractivity contribution in [2.45, 2.75) is 26.2 Å². The average molecular weight is 423 g/mol.